The Morgan fingerprint density at radius 2 is 0.912 bits per heavy atom. The zero-order chi connectivity index (χ0) is 20.8. The topological polar surface area (TPSA) is 0 Å². The van der Waals surface area contributed by atoms with E-state index in [-0.39, 0.29) is 39.7 Å². The summed E-state index contributed by atoms with van der Waals surface area (Å²) in [6.07, 6.45) is 0. The monoisotopic (exact) mass is 576 g/mol. The summed E-state index contributed by atoms with van der Waals surface area (Å²) in [5.41, 5.74) is 2.62. The van der Waals surface area contributed by atoms with Crippen LogP contribution in [0.4, 0.5) is 0 Å². The zero-order valence-electron chi connectivity index (χ0n) is 19.4. The Bertz CT molecular complexity index is 1340. The molecule has 0 bridgehead atoms. The second-order valence-corrected chi connectivity index (χ2v) is 7.02. The summed E-state index contributed by atoms with van der Waals surface area (Å²) in [7, 11) is 0. The minimum absolute atomic E-state index is 0. The third-order valence-electron chi connectivity index (χ3n) is 5.29. The van der Waals surface area contributed by atoms with Crippen LogP contribution in [0.3, 0.4) is 0 Å². The molecule has 0 N–H and O–H groups in total. The van der Waals surface area contributed by atoms with Gasteiger partial charge in [0.2, 0.25) is 0 Å². The van der Waals surface area contributed by atoms with Crippen molar-refractivity contribution in [2.24, 2.45) is 0 Å². The maximum Gasteiger partial charge on any atom is -0.0623 e. The van der Waals surface area contributed by atoms with E-state index in [2.05, 4.69) is 128 Å². The molecule has 174 valence electrons. The van der Waals surface area contributed by atoms with Gasteiger partial charge < -0.3 is 14.9 Å². The first-order chi connectivity index (χ1) is 14.9. The van der Waals surface area contributed by atoms with Crippen molar-refractivity contribution in [3.05, 3.63) is 136 Å². The Morgan fingerprint density at radius 1 is 0.500 bits per heavy atom. The van der Waals surface area contributed by atoms with Crippen LogP contribution in [0.1, 0.15) is 0 Å². The first-order valence-electron chi connectivity index (χ1n) is 9.88. The molecule has 0 heterocycles. The number of hydrogen-bond donors (Lipinski definition) is 0. The average molecular weight is 579 g/mol. The van der Waals surface area contributed by atoms with E-state index >= 15 is 0 Å². The second kappa shape index (κ2) is 15.8. The van der Waals surface area contributed by atoms with Crippen LogP contribution in [-0.2, 0) is 23.3 Å². The molecule has 0 aliphatic heterocycles. The third kappa shape index (κ3) is 7.03. The number of halogens is 2. The molecule has 6 aromatic carbocycles. The van der Waals surface area contributed by atoms with E-state index in [1.165, 1.54) is 66.8 Å². The molecule has 0 aromatic heterocycles. The smallest absolute Gasteiger partial charge is 0.0623 e. The largest absolute Gasteiger partial charge is 0.150 e. The van der Waals surface area contributed by atoms with Crippen molar-refractivity contribution in [1.82, 2.24) is 0 Å². The van der Waals surface area contributed by atoms with Crippen LogP contribution >= 0.6 is 24.8 Å². The van der Waals surface area contributed by atoms with Gasteiger partial charge in [-0.15, -0.1) is 111 Å². The van der Waals surface area contributed by atoms with Gasteiger partial charge in [-0.1, -0.05) is 78.4 Å². The maximum atomic E-state index is 3.06. The van der Waals surface area contributed by atoms with Gasteiger partial charge in [0.05, 0.1) is 0 Å². The number of benzene rings is 4. The van der Waals surface area contributed by atoms with E-state index in [0.29, 0.717) is 0 Å². The van der Waals surface area contributed by atoms with Crippen LogP contribution in [-0.4, -0.2) is 6.88 Å². The molecule has 0 amide bonds. The molecular weight excluding hydrogens is 551 g/mol. The van der Waals surface area contributed by atoms with Gasteiger partial charge in [0.15, 0.2) is 0 Å². The van der Waals surface area contributed by atoms with E-state index in [1.807, 2.05) is 0 Å². The van der Waals surface area contributed by atoms with Gasteiger partial charge >= 0.3 is 30.2 Å². The van der Waals surface area contributed by atoms with Crippen molar-refractivity contribution in [2.75, 3.05) is 0 Å². The van der Waals surface area contributed by atoms with E-state index < -0.39 is 0 Å². The van der Waals surface area contributed by atoms with E-state index in [9.17, 15) is 0 Å². The minimum Gasteiger partial charge on any atom is -0.150 e. The molecule has 34 heavy (non-hydrogen) atoms. The summed E-state index contributed by atoms with van der Waals surface area (Å²) in [6.45, 7) is 3.06. The van der Waals surface area contributed by atoms with Crippen molar-refractivity contribution in [3.8, 4) is 11.1 Å². The van der Waals surface area contributed by atoms with Gasteiger partial charge in [0.1, 0.15) is 0 Å². The summed E-state index contributed by atoms with van der Waals surface area (Å²) in [6, 6.07) is 42.7. The van der Waals surface area contributed by atoms with Crippen LogP contribution in [0.2, 0.25) is 0 Å². The summed E-state index contributed by atoms with van der Waals surface area (Å²) in [5.74, 6) is 0. The zero-order valence-corrected chi connectivity index (χ0v) is 24.5. The molecule has 6 aromatic rings. The van der Waals surface area contributed by atoms with Crippen molar-refractivity contribution in [3.63, 3.8) is 0 Å². The van der Waals surface area contributed by atoms with E-state index in [0.717, 1.165) is 0 Å². The van der Waals surface area contributed by atoms with Crippen molar-refractivity contribution in [2.45, 2.75) is 0 Å². The predicted octanol–water partition coefficient (Wildman–Crippen LogP) is 9.30. The summed E-state index contributed by atoms with van der Waals surface area (Å²) in [5, 5.41) is 8.05. The predicted molar refractivity (Wildman–Crippen MR) is 155 cm³/mol. The molecule has 0 aliphatic rings. The quantitative estimate of drug-likeness (QED) is 0.135. The van der Waals surface area contributed by atoms with E-state index in [1.54, 1.807) is 0 Å². The van der Waals surface area contributed by atoms with Crippen molar-refractivity contribution >= 4 is 64.0 Å². The van der Waals surface area contributed by atoms with Crippen LogP contribution in [0.25, 0.3) is 43.4 Å². The fourth-order valence-corrected chi connectivity index (χ4v) is 3.92. The van der Waals surface area contributed by atoms with Gasteiger partial charge in [-0.2, -0.15) is 0 Å². The van der Waals surface area contributed by atoms with Crippen molar-refractivity contribution in [1.29, 1.82) is 0 Å². The second-order valence-electron chi connectivity index (χ2n) is 7.02. The summed E-state index contributed by atoms with van der Waals surface area (Å²) >= 11 is 1.36. The molecule has 2 radical (unpaired) electrons. The van der Waals surface area contributed by atoms with Gasteiger partial charge in [-0.25, -0.2) is 0 Å². The molecule has 4 heteroatoms. The molecule has 0 saturated carbocycles. The third-order valence-corrected chi connectivity index (χ3v) is 5.29. The molecule has 0 spiro atoms. The van der Waals surface area contributed by atoms with Gasteiger partial charge in [-0.05, 0) is 0 Å². The number of fused-ring (bicyclic) bond motifs is 4. The Morgan fingerprint density at radius 3 is 1.44 bits per heavy atom. The fourth-order valence-electron chi connectivity index (χ4n) is 3.92. The van der Waals surface area contributed by atoms with Crippen LogP contribution in [0.15, 0.2) is 121 Å². The Hall–Kier alpha value is -1.96. The number of rotatable bonds is 1. The Kier molecular flexibility index (Phi) is 14.9. The summed E-state index contributed by atoms with van der Waals surface area (Å²) in [4.78, 5) is 0. The minimum atomic E-state index is 0. The van der Waals surface area contributed by atoms with Gasteiger partial charge in [0, 0.05) is 0 Å². The molecule has 0 saturated heterocycles. The normalized spacial score (nSPS) is 9.03. The SMILES string of the molecule is Cl.Cl.[CH3-].[CH3-].[Si]=[Zr].c1ccc(-c2c[cH-]c3ccccc23)cc1.c1ccc2c(c1)[cH-]c1ccccc12. The van der Waals surface area contributed by atoms with Crippen molar-refractivity contribution < 1.29 is 23.3 Å². The molecule has 0 fully saturated rings. The molecule has 0 atom stereocenters. The Labute approximate surface area is 233 Å². The Balaban J connectivity index is 0.000000541. The first kappa shape index (κ1) is 32.0. The molecular formula is C30H28Cl2SiZr-4. The molecule has 0 unspecified atom stereocenters. The number of hydrogen-bond acceptors (Lipinski definition) is 0. The molecule has 6 rings (SSSR count). The first-order valence-corrected chi connectivity index (χ1v) is 14.1. The maximum absolute atomic E-state index is 3.06. The molecule has 0 nitrogen and oxygen atoms in total. The standard InChI is InChI=1S/C15H11.C13H9.2CH3.2ClH.Si.Zr/c1-2-6-12(7-3-1)15-11-10-13-8-4-5-9-14(13)15;1-3-7-12-10(5-1)9-11-6-2-4-8-13(11)12;;;;;;/h1-11H;1-9H;2*1H3;2*1H;;/q4*-1;;;;. The molecule has 0 aliphatic carbocycles. The van der Waals surface area contributed by atoms with E-state index in [4.69, 9.17) is 0 Å². The van der Waals surface area contributed by atoms with Crippen LogP contribution < -0.4 is 0 Å². The van der Waals surface area contributed by atoms with Crippen LogP contribution in [0.5, 0.6) is 0 Å². The average Bonchev–Trinajstić information content (AvgIpc) is 3.43. The summed E-state index contributed by atoms with van der Waals surface area (Å²) < 4.78 is 0. The fraction of sp³-hybridized carbons (Fsp3) is 0. The van der Waals surface area contributed by atoms with Gasteiger partial charge in [-0.3, -0.25) is 0 Å². The van der Waals surface area contributed by atoms with Gasteiger partial charge in [0.25, 0.3) is 0 Å². The van der Waals surface area contributed by atoms with Crippen LogP contribution in [0, 0.1) is 14.9 Å².